The molecule has 3 fully saturated rings. The van der Waals surface area contributed by atoms with Crippen LogP contribution in [0.15, 0.2) is 5.16 Å². The highest BCUT2D eigenvalue weighted by molar-refractivity contribution is 7.99. The number of nitrogens with one attached hydrogen (secondary N) is 1. The zero-order valence-electron chi connectivity index (χ0n) is 14.8. The maximum absolute atomic E-state index is 12.3. The first-order valence-electron chi connectivity index (χ1n) is 9.49. The van der Waals surface area contributed by atoms with Crippen LogP contribution in [0, 0.1) is 17.8 Å². The van der Waals surface area contributed by atoms with Crippen LogP contribution in [0.5, 0.6) is 0 Å². The fourth-order valence-electron chi connectivity index (χ4n) is 4.83. The molecule has 5 atom stereocenters. The lowest BCUT2D eigenvalue weighted by atomic mass is 9.84. The molecule has 0 radical (unpaired) electrons. The molecular weight excluding hydrogens is 338 g/mol. The van der Waals surface area contributed by atoms with Crippen LogP contribution in [0.25, 0.3) is 0 Å². The number of hydrogen-bond acceptors (Lipinski definition) is 6. The number of hydrogen-bond donors (Lipinski definition) is 1. The minimum Gasteiger partial charge on any atom is -0.376 e. The third kappa shape index (κ3) is 4.00. The van der Waals surface area contributed by atoms with Crippen LogP contribution in [0.4, 0.5) is 0 Å². The van der Waals surface area contributed by atoms with Crippen molar-refractivity contribution in [3.05, 3.63) is 0 Å². The Labute approximate surface area is 152 Å². The summed E-state index contributed by atoms with van der Waals surface area (Å²) in [6.07, 6.45) is 7.74. The lowest BCUT2D eigenvalue weighted by Gasteiger charge is -2.28. The maximum atomic E-state index is 12.3. The summed E-state index contributed by atoms with van der Waals surface area (Å²) in [6.45, 7) is 3.65. The van der Waals surface area contributed by atoms with Crippen LogP contribution in [-0.4, -0.2) is 50.6 Å². The predicted molar refractivity (Wildman–Crippen MR) is 94.1 cm³/mol. The number of fused-ring (bicyclic) bond motifs is 2. The molecule has 8 heteroatoms. The second-order valence-corrected chi connectivity index (χ2v) is 8.70. The number of amides is 1. The monoisotopic (exact) mass is 365 g/mol. The van der Waals surface area contributed by atoms with Crippen molar-refractivity contribution < 1.29 is 9.53 Å². The number of ether oxygens (including phenoxy) is 1. The van der Waals surface area contributed by atoms with Crippen LogP contribution < -0.4 is 5.32 Å². The molecule has 1 N–H and O–H groups in total. The van der Waals surface area contributed by atoms with Gasteiger partial charge in [-0.25, -0.2) is 4.68 Å². The third-order valence-electron chi connectivity index (χ3n) is 6.06. The van der Waals surface area contributed by atoms with E-state index < -0.39 is 0 Å². The van der Waals surface area contributed by atoms with Crippen molar-refractivity contribution in [3.8, 4) is 0 Å². The second-order valence-electron chi connectivity index (χ2n) is 7.76. The Bertz CT molecular complexity index is 604. The number of tetrazole rings is 1. The summed E-state index contributed by atoms with van der Waals surface area (Å²) in [5, 5.41) is 15.7. The minimum absolute atomic E-state index is 0.0759. The van der Waals surface area contributed by atoms with E-state index in [0.29, 0.717) is 23.4 Å². The van der Waals surface area contributed by atoms with Crippen molar-refractivity contribution in [3.63, 3.8) is 0 Å². The largest absolute Gasteiger partial charge is 0.376 e. The molecule has 1 aromatic rings. The molecule has 3 aliphatic rings. The first-order chi connectivity index (χ1) is 12.2. The van der Waals surface area contributed by atoms with E-state index in [2.05, 4.69) is 27.8 Å². The number of carbonyl (C=O) groups excluding carboxylic acids is 1. The van der Waals surface area contributed by atoms with Crippen LogP contribution in [0.3, 0.4) is 0 Å². The van der Waals surface area contributed by atoms with E-state index in [9.17, 15) is 4.79 Å². The molecule has 2 bridgehead atoms. The van der Waals surface area contributed by atoms with Crippen molar-refractivity contribution in [2.24, 2.45) is 17.8 Å². The van der Waals surface area contributed by atoms with Crippen molar-refractivity contribution in [2.75, 3.05) is 12.4 Å². The first-order valence-corrected chi connectivity index (χ1v) is 10.5. The van der Waals surface area contributed by atoms with Gasteiger partial charge in [0.15, 0.2) is 0 Å². The number of aromatic nitrogens is 4. The van der Waals surface area contributed by atoms with Gasteiger partial charge in [0.2, 0.25) is 11.1 Å². The summed E-state index contributed by atoms with van der Waals surface area (Å²) in [5.74, 6) is 2.83. The van der Waals surface area contributed by atoms with Gasteiger partial charge in [0.1, 0.15) is 0 Å². The Morgan fingerprint density at radius 1 is 1.40 bits per heavy atom. The van der Waals surface area contributed by atoms with Crippen LogP contribution in [0.2, 0.25) is 0 Å². The van der Waals surface area contributed by atoms with Crippen molar-refractivity contribution in [1.29, 1.82) is 0 Å². The zero-order valence-corrected chi connectivity index (χ0v) is 15.6. The fraction of sp³-hybridized carbons (Fsp3) is 0.882. The highest BCUT2D eigenvalue weighted by Gasteiger charge is 2.42. The van der Waals surface area contributed by atoms with Gasteiger partial charge in [-0.05, 0) is 67.2 Å². The van der Waals surface area contributed by atoms with Gasteiger partial charge in [0, 0.05) is 12.6 Å². The Morgan fingerprint density at radius 3 is 3.04 bits per heavy atom. The molecule has 25 heavy (non-hydrogen) atoms. The van der Waals surface area contributed by atoms with Gasteiger partial charge < -0.3 is 10.1 Å². The predicted octanol–water partition coefficient (Wildman–Crippen LogP) is 1.89. The molecule has 1 amide bonds. The summed E-state index contributed by atoms with van der Waals surface area (Å²) >= 11 is 1.40. The molecule has 2 heterocycles. The summed E-state index contributed by atoms with van der Waals surface area (Å²) in [6, 6.07) is 0.270. The van der Waals surface area contributed by atoms with Crippen LogP contribution in [0.1, 0.15) is 45.4 Å². The van der Waals surface area contributed by atoms with Crippen molar-refractivity contribution in [1.82, 2.24) is 25.5 Å². The Kier molecular flexibility index (Phi) is 5.26. The Morgan fingerprint density at radius 2 is 2.32 bits per heavy atom. The van der Waals surface area contributed by atoms with Crippen molar-refractivity contribution >= 4 is 17.7 Å². The maximum Gasteiger partial charge on any atom is 0.230 e. The molecule has 1 aromatic heterocycles. The number of nitrogens with zero attached hydrogens (tertiary/aromatic N) is 4. The van der Waals surface area contributed by atoms with Gasteiger partial charge in [-0.3, -0.25) is 4.79 Å². The topological polar surface area (TPSA) is 81.9 Å². The zero-order chi connectivity index (χ0) is 17.2. The van der Waals surface area contributed by atoms with Crippen LogP contribution in [-0.2, 0) is 16.1 Å². The van der Waals surface area contributed by atoms with Gasteiger partial charge in [-0.1, -0.05) is 18.2 Å². The van der Waals surface area contributed by atoms with E-state index in [-0.39, 0.29) is 18.1 Å². The van der Waals surface area contributed by atoms with Crippen molar-refractivity contribution in [2.45, 2.75) is 69.3 Å². The molecule has 2 aliphatic carbocycles. The standard InChI is InChI=1S/C17H27N5O2S/c1-11(15-8-12-4-5-13(15)7-12)18-16(23)10-25-17-19-20-21-22(17)9-14-3-2-6-24-14/h11-15H,2-10H2,1H3,(H,18,23)/t11-,12-,13-,14-,15-/m0/s1. The quantitative estimate of drug-likeness (QED) is 0.743. The van der Waals surface area contributed by atoms with E-state index in [1.54, 1.807) is 4.68 Å². The van der Waals surface area contributed by atoms with Gasteiger partial charge >= 0.3 is 0 Å². The molecule has 7 nitrogen and oxygen atoms in total. The average molecular weight is 366 g/mol. The molecular formula is C17H27N5O2S. The number of thioether (sulfide) groups is 1. The van der Waals surface area contributed by atoms with Gasteiger partial charge in [0.05, 0.1) is 18.4 Å². The first kappa shape index (κ1) is 17.3. The second kappa shape index (κ2) is 7.61. The molecule has 2 saturated carbocycles. The van der Waals surface area contributed by atoms with E-state index in [1.165, 1.54) is 37.4 Å². The van der Waals surface area contributed by atoms with Gasteiger partial charge in [-0.15, -0.1) is 5.10 Å². The normalized spacial score (nSPS) is 32.2. The van der Waals surface area contributed by atoms with E-state index in [1.807, 2.05) is 0 Å². The molecule has 0 aromatic carbocycles. The molecule has 138 valence electrons. The fourth-order valence-corrected chi connectivity index (χ4v) is 5.53. The lowest BCUT2D eigenvalue weighted by molar-refractivity contribution is -0.119. The highest BCUT2D eigenvalue weighted by Crippen LogP contribution is 2.49. The highest BCUT2D eigenvalue weighted by atomic mass is 32.2. The summed E-state index contributed by atoms with van der Waals surface area (Å²) in [5.41, 5.74) is 0. The molecule has 4 rings (SSSR count). The van der Waals surface area contributed by atoms with Gasteiger partial charge in [0.25, 0.3) is 0 Å². The van der Waals surface area contributed by atoms with E-state index in [4.69, 9.17) is 4.74 Å². The summed E-state index contributed by atoms with van der Waals surface area (Å²) in [4.78, 5) is 12.3. The van der Waals surface area contributed by atoms with Crippen LogP contribution >= 0.6 is 11.8 Å². The lowest BCUT2D eigenvalue weighted by Crippen LogP contribution is -2.41. The summed E-state index contributed by atoms with van der Waals surface area (Å²) < 4.78 is 7.39. The average Bonchev–Trinajstić information content (AvgIpc) is 3.38. The minimum atomic E-state index is 0.0759. The molecule has 0 unspecified atom stereocenters. The molecule has 0 spiro atoms. The Hall–Kier alpha value is -1.15. The van der Waals surface area contributed by atoms with E-state index >= 15 is 0 Å². The van der Waals surface area contributed by atoms with Gasteiger partial charge in [-0.2, -0.15) is 0 Å². The number of carbonyl (C=O) groups is 1. The SMILES string of the molecule is C[C@H](NC(=O)CSc1nnnn1C[C@@H]1CCCO1)[C@@H]1C[C@H]2CC[C@H]1C2. The Balaban J connectivity index is 1.24. The molecule has 1 saturated heterocycles. The molecule has 1 aliphatic heterocycles. The smallest absolute Gasteiger partial charge is 0.230 e. The third-order valence-corrected chi connectivity index (χ3v) is 7.01. The summed E-state index contributed by atoms with van der Waals surface area (Å²) in [7, 11) is 0. The van der Waals surface area contributed by atoms with E-state index in [0.717, 1.165) is 31.3 Å². The number of rotatable bonds is 7.